The molecule has 1 aromatic heterocycles. The lowest BCUT2D eigenvalue weighted by atomic mass is 10.2. The summed E-state index contributed by atoms with van der Waals surface area (Å²) in [6.07, 6.45) is 8.50. The first kappa shape index (κ1) is 14.1. The van der Waals surface area contributed by atoms with Crippen LogP contribution in [0.4, 0.5) is 5.82 Å². The number of anilines is 1. The molecule has 5 heteroatoms. The SMILES string of the molecule is CCCCCCCOc1cc(NN)nc(C2CC2)n1. The van der Waals surface area contributed by atoms with Gasteiger partial charge in [0.1, 0.15) is 11.6 Å². The van der Waals surface area contributed by atoms with E-state index >= 15 is 0 Å². The lowest BCUT2D eigenvalue weighted by Gasteiger charge is -2.08. The number of hydrogen-bond donors (Lipinski definition) is 2. The predicted octanol–water partition coefficient (Wildman–Crippen LogP) is 2.99. The van der Waals surface area contributed by atoms with Crippen molar-refractivity contribution in [1.29, 1.82) is 0 Å². The first-order valence-electron chi connectivity index (χ1n) is 7.32. The van der Waals surface area contributed by atoms with Gasteiger partial charge in [-0.1, -0.05) is 32.6 Å². The summed E-state index contributed by atoms with van der Waals surface area (Å²) in [5.41, 5.74) is 2.58. The summed E-state index contributed by atoms with van der Waals surface area (Å²) in [6.45, 7) is 2.94. The van der Waals surface area contributed by atoms with Crippen LogP contribution in [0.1, 0.15) is 63.6 Å². The molecule has 0 saturated heterocycles. The Labute approximate surface area is 114 Å². The molecule has 0 radical (unpaired) electrons. The monoisotopic (exact) mass is 264 g/mol. The van der Waals surface area contributed by atoms with E-state index in [0.29, 0.717) is 17.6 Å². The molecular formula is C14H24N4O. The van der Waals surface area contributed by atoms with E-state index in [0.717, 1.165) is 18.9 Å². The Kier molecular flexibility index (Phi) is 5.39. The van der Waals surface area contributed by atoms with Crippen LogP contribution < -0.4 is 16.0 Å². The third kappa shape index (κ3) is 4.67. The summed E-state index contributed by atoms with van der Waals surface area (Å²) >= 11 is 0. The van der Waals surface area contributed by atoms with Gasteiger partial charge in [-0.2, -0.15) is 4.98 Å². The number of nitrogen functional groups attached to an aromatic ring is 1. The Morgan fingerprint density at radius 1 is 1.26 bits per heavy atom. The van der Waals surface area contributed by atoms with Crippen LogP contribution in [0, 0.1) is 0 Å². The second-order valence-electron chi connectivity index (χ2n) is 5.13. The van der Waals surface area contributed by atoms with E-state index in [4.69, 9.17) is 10.6 Å². The van der Waals surface area contributed by atoms with Crippen molar-refractivity contribution in [1.82, 2.24) is 9.97 Å². The molecule has 1 aliphatic carbocycles. The van der Waals surface area contributed by atoms with Crippen LogP contribution in [0.2, 0.25) is 0 Å². The van der Waals surface area contributed by atoms with Gasteiger partial charge < -0.3 is 10.2 Å². The quantitative estimate of drug-likeness (QED) is 0.407. The molecule has 0 spiro atoms. The number of rotatable bonds is 9. The number of ether oxygens (including phenoxy) is 1. The van der Waals surface area contributed by atoms with Crippen LogP contribution in [-0.2, 0) is 0 Å². The number of nitrogens with one attached hydrogen (secondary N) is 1. The Morgan fingerprint density at radius 2 is 2.05 bits per heavy atom. The molecule has 1 saturated carbocycles. The van der Waals surface area contributed by atoms with Crippen LogP contribution in [0.15, 0.2) is 6.07 Å². The van der Waals surface area contributed by atoms with Gasteiger partial charge in [0.15, 0.2) is 0 Å². The van der Waals surface area contributed by atoms with Crippen molar-refractivity contribution in [2.45, 2.75) is 57.8 Å². The van der Waals surface area contributed by atoms with Gasteiger partial charge in [0, 0.05) is 12.0 Å². The Hall–Kier alpha value is -1.36. The zero-order chi connectivity index (χ0) is 13.5. The number of hydrazine groups is 1. The fraction of sp³-hybridized carbons (Fsp3) is 0.714. The fourth-order valence-electron chi connectivity index (χ4n) is 2.00. The first-order chi connectivity index (χ1) is 9.33. The summed E-state index contributed by atoms with van der Waals surface area (Å²) in [4.78, 5) is 8.80. The van der Waals surface area contributed by atoms with Crippen LogP contribution in [0.3, 0.4) is 0 Å². The lowest BCUT2D eigenvalue weighted by Crippen LogP contribution is -2.11. The summed E-state index contributed by atoms with van der Waals surface area (Å²) in [5, 5.41) is 0. The highest BCUT2D eigenvalue weighted by Gasteiger charge is 2.27. The number of nitrogens with two attached hydrogens (primary N) is 1. The minimum Gasteiger partial charge on any atom is -0.478 e. The average Bonchev–Trinajstić information content (AvgIpc) is 3.27. The molecule has 19 heavy (non-hydrogen) atoms. The van der Waals surface area contributed by atoms with Crippen LogP contribution in [0.25, 0.3) is 0 Å². The minimum absolute atomic E-state index is 0.500. The van der Waals surface area contributed by atoms with Crippen LogP contribution in [-0.4, -0.2) is 16.6 Å². The second kappa shape index (κ2) is 7.28. The van der Waals surface area contributed by atoms with Crippen molar-refractivity contribution in [3.8, 4) is 5.88 Å². The fourth-order valence-corrected chi connectivity index (χ4v) is 2.00. The predicted molar refractivity (Wildman–Crippen MR) is 76.1 cm³/mol. The van der Waals surface area contributed by atoms with E-state index in [1.165, 1.54) is 38.5 Å². The summed E-state index contributed by atoms with van der Waals surface area (Å²) < 4.78 is 5.70. The van der Waals surface area contributed by atoms with Gasteiger partial charge in [-0.25, -0.2) is 10.8 Å². The maximum atomic E-state index is 5.70. The zero-order valence-corrected chi connectivity index (χ0v) is 11.7. The third-order valence-electron chi connectivity index (χ3n) is 3.31. The third-order valence-corrected chi connectivity index (χ3v) is 3.31. The number of unbranched alkanes of at least 4 members (excludes halogenated alkanes) is 4. The van der Waals surface area contributed by atoms with Gasteiger partial charge in [-0.05, 0) is 19.3 Å². The highest BCUT2D eigenvalue weighted by Crippen LogP contribution is 2.39. The Bertz CT molecular complexity index is 393. The number of hydrogen-bond acceptors (Lipinski definition) is 5. The van der Waals surface area contributed by atoms with E-state index < -0.39 is 0 Å². The van der Waals surface area contributed by atoms with E-state index in [1.807, 2.05) is 0 Å². The van der Waals surface area contributed by atoms with Crippen molar-refractivity contribution >= 4 is 5.82 Å². The topological polar surface area (TPSA) is 73.1 Å². The normalized spacial score (nSPS) is 14.4. The zero-order valence-electron chi connectivity index (χ0n) is 11.7. The Balaban J connectivity index is 1.80. The molecule has 0 amide bonds. The molecule has 0 atom stereocenters. The van der Waals surface area contributed by atoms with Gasteiger partial charge in [-0.15, -0.1) is 0 Å². The molecule has 0 unspecified atom stereocenters. The van der Waals surface area contributed by atoms with Gasteiger partial charge in [0.25, 0.3) is 0 Å². The van der Waals surface area contributed by atoms with Crippen LogP contribution >= 0.6 is 0 Å². The van der Waals surface area contributed by atoms with Crippen molar-refractivity contribution in [2.24, 2.45) is 5.84 Å². The van der Waals surface area contributed by atoms with E-state index in [-0.39, 0.29) is 0 Å². The molecule has 1 aromatic rings. The van der Waals surface area contributed by atoms with Crippen molar-refractivity contribution in [3.63, 3.8) is 0 Å². The van der Waals surface area contributed by atoms with Gasteiger partial charge in [0.05, 0.1) is 6.61 Å². The summed E-state index contributed by atoms with van der Waals surface area (Å²) in [5.74, 6) is 8.06. The average molecular weight is 264 g/mol. The Morgan fingerprint density at radius 3 is 2.74 bits per heavy atom. The van der Waals surface area contributed by atoms with Crippen molar-refractivity contribution in [2.75, 3.05) is 12.0 Å². The van der Waals surface area contributed by atoms with Crippen LogP contribution in [0.5, 0.6) is 5.88 Å². The number of nitrogens with zero attached hydrogens (tertiary/aromatic N) is 2. The molecule has 5 nitrogen and oxygen atoms in total. The van der Waals surface area contributed by atoms with Gasteiger partial charge in [-0.3, -0.25) is 0 Å². The summed E-state index contributed by atoms with van der Waals surface area (Å²) in [7, 11) is 0. The van der Waals surface area contributed by atoms with Crippen molar-refractivity contribution in [3.05, 3.63) is 11.9 Å². The molecule has 1 aliphatic rings. The summed E-state index contributed by atoms with van der Waals surface area (Å²) in [6, 6.07) is 1.76. The molecule has 0 aromatic carbocycles. The minimum atomic E-state index is 0.500. The van der Waals surface area contributed by atoms with Gasteiger partial charge >= 0.3 is 0 Å². The molecule has 1 heterocycles. The number of aromatic nitrogens is 2. The second-order valence-corrected chi connectivity index (χ2v) is 5.13. The van der Waals surface area contributed by atoms with E-state index in [1.54, 1.807) is 6.07 Å². The standard InChI is InChI=1S/C14H24N4O/c1-2-3-4-5-6-9-19-13-10-12(18-15)16-14(17-13)11-7-8-11/h10-11H,2-9,15H2,1H3,(H,16,17,18). The maximum Gasteiger partial charge on any atom is 0.218 e. The molecule has 1 fully saturated rings. The largest absolute Gasteiger partial charge is 0.478 e. The molecule has 0 bridgehead atoms. The molecular weight excluding hydrogens is 240 g/mol. The lowest BCUT2D eigenvalue weighted by molar-refractivity contribution is 0.292. The highest BCUT2D eigenvalue weighted by atomic mass is 16.5. The van der Waals surface area contributed by atoms with Crippen molar-refractivity contribution < 1.29 is 4.74 Å². The molecule has 2 rings (SSSR count). The molecule has 3 N–H and O–H groups in total. The first-order valence-corrected chi connectivity index (χ1v) is 7.32. The smallest absolute Gasteiger partial charge is 0.218 e. The molecule has 106 valence electrons. The maximum absolute atomic E-state index is 5.70. The molecule has 0 aliphatic heterocycles. The highest BCUT2D eigenvalue weighted by molar-refractivity contribution is 5.38. The van der Waals surface area contributed by atoms with E-state index in [9.17, 15) is 0 Å². The van der Waals surface area contributed by atoms with E-state index in [2.05, 4.69) is 22.3 Å². The van der Waals surface area contributed by atoms with Gasteiger partial charge in [0.2, 0.25) is 5.88 Å².